The summed E-state index contributed by atoms with van der Waals surface area (Å²) in [5.74, 6) is 2.55. The standard InChI is InChI=1S/C21H30N4O/c1-26-15-9-14-22-19-16-20(23-18-12-7-2-3-8-13-18)25-21(24-19)17-10-5-4-6-11-17/h4-6,10-11,16,18H,2-3,7-9,12-15H2,1H3,(H2,22,23,24,25). The molecule has 2 N–H and O–H groups in total. The summed E-state index contributed by atoms with van der Waals surface area (Å²) in [6.45, 7) is 1.58. The van der Waals surface area contributed by atoms with Crippen LogP contribution >= 0.6 is 0 Å². The van der Waals surface area contributed by atoms with E-state index in [2.05, 4.69) is 22.8 Å². The first-order valence-corrected chi connectivity index (χ1v) is 9.79. The minimum absolute atomic E-state index is 0.511. The van der Waals surface area contributed by atoms with Gasteiger partial charge in [-0.15, -0.1) is 0 Å². The second kappa shape index (κ2) is 10.1. The quantitative estimate of drug-likeness (QED) is 0.530. The lowest BCUT2D eigenvalue weighted by atomic mass is 10.1. The molecular weight excluding hydrogens is 324 g/mol. The Morgan fingerprint density at radius 3 is 2.46 bits per heavy atom. The van der Waals surface area contributed by atoms with E-state index in [-0.39, 0.29) is 0 Å². The molecule has 5 heteroatoms. The molecule has 140 valence electrons. The molecule has 0 saturated heterocycles. The molecule has 1 aliphatic rings. The van der Waals surface area contributed by atoms with Crippen LogP contribution in [0.3, 0.4) is 0 Å². The number of hydrogen-bond donors (Lipinski definition) is 2. The number of aromatic nitrogens is 2. The molecule has 2 aromatic rings. The Labute approximate surface area is 156 Å². The lowest BCUT2D eigenvalue weighted by Crippen LogP contribution is -2.19. The van der Waals surface area contributed by atoms with Crippen molar-refractivity contribution in [3.05, 3.63) is 36.4 Å². The summed E-state index contributed by atoms with van der Waals surface area (Å²) >= 11 is 0. The topological polar surface area (TPSA) is 59.1 Å². The lowest BCUT2D eigenvalue weighted by Gasteiger charge is -2.18. The van der Waals surface area contributed by atoms with Gasteiger partial charge in [-0.1, -0.05) is 56.0 Å². The van der Waals surface area contributed by atoms with Crippen LogP contribution in [0.15, 0.2) is 36.4 Å². The fraction of sp³-hybridized carbons (Fsp3) is 0.524. The first-order valence-electron chi connectivity index (χ1n) is 9.79. The summed E-state index contributed by atoms with van der Waals surface area (Å²) in [5, 5.41) is 7.07. The van der Waals surface area contributed by atoms with E-state index in [9.17, 15) is 0 Å². The second-order valence-electron chi connectivity index (χ2n) is 6.93. The molecule has 0 amide bonds. The van der Waals surface area contributed by atoms with Crippen LogP contribution in [-0.2, 0) is 4.74 Å². The van der Waals surface area contributed by atoms with Crippen LogP contribution < -0.4 is 10.6 Å². The van der Waals surface area contributed by atoms with Gasteiger partial charge in [-0.25, -0.2) is 9.97 Å². The Morgan fingerprint density at radius 1 is 1.00 bits per heavy atom. The molecule has 1 aliphatic carbocycles. The molecule has 26 heavy (non-hydrogen) atoms. The first-order chi connectivity index (χ1) is 12.8. The number of benzene rings is 1. The Bertz CT molecular complexity index is 654. The van der Waals surface area contributed by atoms with E-state index in [0.717, 1.165) is 42.6 Å². The van der Waals surface area contributed by atoms with Gasteiger partial charge in [0.25, 0.3) is 0 Å². The minimum Gasteiger partial charge on any atom is -0.385 e. The van der Waals surface area contributed by atoms with Gasteiger partial charge in [-0.2, -0.15) is 0 Å². The van der Waals surface area contributed by atoms with E-state index in [1.165, 1.54) is 38.5 Å². The highest BCUT2D eigenvalue weighted by Crippen LogP contribution is 2.24. The fourth-order valence-corrected chi connectivity index (χ4v) is 3.39. The molecule has 0 radical (unpaired) electrons. The van der Waals surface area contributed by atoms with Crippen molar-refractivity contribution in [2.75, 3.05) is 30.9 Å². The van der Waals surface area contributed by atoms with Gasteiger partial charge in [0, 0.05) is 37.9 Å². The third-order valence-electron chi connectivity index (χ3n) is 4.80. The number of nitrogens with zero attached hydrogens (tertiary/aromatic N) is 2. The Balaban J connectivity index is 1.77. The Morgan fingerprint density at radius 2 is 1.73 bits per heavy atom. The van der Waals surface area contributed by atoms with Gasteiger partial charge in [0.05, 0.1) is 0 Å². The second-order valence-corrected chi connectivity index (χ2v) is 6.93. The van der Waals surface area contributed by atoms with Crippen LogP contribution in [0.1, 0.15) is 44.9 Å². The molecule has 3 rings (SSSR count). The molecule has 5 nitrogen and oxygen atoms in total. The molecule has 1 saturated carbocycles. The van der Waals surface area contributed by atoms with E-state index < -0.39 is 0 Å². The molecule has 0 aliphatic heterocycles. The number of ether oxygens (including phenoxy) is 1. The minimum atomic E-state index is 0.511. The third kappa shape index (κ3) is 5.70. The maximum Gasteiger partial charge on any atom is 0.163 e. The van der Waals surface area contributed by atoms with Crippen molar-refractivity contribution in [1.82, 2.24) is 9.97 Å². The largest absolute Gasteiger partial charge is 0.385 e. The van der Waals surface area contributed by atoms with Gasteiger partial charge < -0.3 is 15.4 Å². The number of hydrogen-bond acceptors (Lipinski definition) is 5. The predicted octanol–water partition coefficient (Wildman–Crippen LogP) is 4.73. The van der Waals surface area contributed by atoms with Gasteiger partial charge in [-0.3, -0.25) is 0 Å². The molecule has 1 aromatic heterocycles. The molecule has 0 spiro atoms. The van der Waals surface area contributed by atoms with Crippen LogP contribution in [0.25, 0.3) is 11.4 Å². The van der Waals surface area contributed by atoms with Crippen LogP contribution in [0.2, 0.25) is 0 Å². The molecule has 1 aromatic carbocycles. The number of anilines is 2. The summed E-state index contributed by atoms with van der Waals surface area (Å²) in [6.07, 6.45) is 8.70. The third-order valence-corrected chi connectivity index (χ3v) is 4.80. The zero-order valence-corrected chi connectivity index (χ0v) is 15.7. The van der Waals surface area contributed by atoms with E-state index in [1.54, 1.807) is 7.11 Å². The average molecular weight is 354 g/mol. The maximum atomic E-state index is 5.12. The molecular formula is C21H30N4O. The van der Waals surface area contributed by atoms with Gasteiger partial charge in [0.2, 0.25) is 0 Å². The van der Waals surface area contributed by atoms with Crippen LogP contribution in [0, 0.1) is 0 Å². The first kappa shape index (κ1) is 18.6. The highest BCUT2D eigenvalue weighted by Gasteiger charge is 2.14. The molecule has 0 bridgehead atoms. The number of rotatable bonds is 8. The van der Waals surface area contributed by atoms with Crippen LogP contribution in [0.5, 0.6) is 0 Å². The van der Waals surface area contributed by atoms with E-state index in [4.69, 9.17) is 14.7 Å². The van der Waals surface area contributed by atoms with Crippen molar-refractivity contribution in [1.29, 1.82) is 0 Å². The fourth-order valence-electron chi connectivity index (χ4n) is 3.39. The number of methoxy groups -OCH3 is 1. The molecule has 1 heterocycles. The molecule has 0 atom stereocenters. The highest BCUT2D eigenvalue weighted by molar-refractivity contribution is 5.61. The summed E-state index contributed by atoms with van der Waals surface area (Å²) in [6, 6.07) is 12.7. The summed E-state index contributed by atoms with van der Waals surface area (Å²) in [5.41, 5.74) is 1.04. The average Bonchev–Trinajstić information content (AvgIpc) is 2.94. The van der Waals surface area contributed by atoms with Gasteiger partial charge in [0.15, 0.2) is 5.82 Å². The predicted molar refractivity (Wildman–Crippen MR) is 108 cm³/mol. The van der Waals surface area contributed by atoms with Crippen LogP contribution in [0.4, 0.5) is 11.6 Å². The monoisotopic (exact) mass is 354 g/mol. The van der Waals surface area contributed by atoms with Gasteiger partial charge >= 0.3 is 0 Å². The molecule has 1 fully saturated rings. The zero-order chi connectivity index (χ0) is 18.0. The lowest BCUT2D eigenvalue weighted by molar-refractivity contribution is 0.198. The van der Waals surface area contributed by atoms with E-state index in [1.807, 2.05) is 24.3 Å². The zero-order valence-electron chi connectivity index (χ0n) is 15.7. The van der Waals surface area contributed by atoms with Gasteiger partial charge in [0.1, 0.15) is 11.6 Å². The van der Waals surface area contributed by atoms with Crippen LogP contribution in [-0.4, -0.2) is 36.3 Å². The number of nitrogens with one attached hydrogen (secondary N) is 2. The summed E-state index contributed by atoms with van der Waals surface area (Å²) in [4.78, 5) is 9.50. The van der Waals surface area contributed by atoms with Gasteiger partial charge in [-0.05, 0) is 19.3 Å². The van der Waals surface area contributed by atoms with Crippen molar-refractivity contribution in [2.45, 2.75) is 51.0 Å². The van der Waals surface area contributed by atoms with Crippen molar-refractivity contribution in [2.24, 2.45) is 0 Å². The summed E-state index contributed by atoms with van der Waals surface area (Å²) in [7, 11) is 1.73. The van der Waals surface area contributed by atoms with E-state index in [0.29, 0.717) is 6.04 Å². The summed E-state index contributed by atoms with van der Waals surface area (Å²) < 4.78 is 5.12. The Kier molecular flexibility index (Phi) is 7.25. The SMILES string of the molecule is COCCCNc1cc(NC2CCCCCC2)nc(-c2ccccc2)n1. The van der Waals surface area contributed by atoms with E-state index >= 15 is 0 Å². The highest BCUT2D eigenvalue weighted by atomic mass is 16.5. The van der Waals surface area contributed by atoms with Crippen molar-refractivity contribution < 1.29 is 4.74 Å². The normalized spacial score (nSPS) is 15.4. The molecule has 0 unspecified atom stereocenters. The maximum absolute atomic E-state index is 5.12. The van der Waals surface area contributed by atoms with Crippen molar-refractivity contribution in [3.63, 3.8) is 0 Å². The Hall–Kier alpha value is -2.14. The van der Waals surface area contributed by atoms with Crippen molar-refractivity contribution in [3.8, 4) is 11.4 Å². The smallest absolute Gasteiger partial charge is 0.163 e. The van der Waals surface area contributed by atoms with Crippen molar-refractivity contribution >= 4 is 11.6 Å².